The van der Waals surface area contributed by atoms with E-state index in [0.717, 1.165) is 41.2 Å². The number of nitrogens with one attached hydrogen (secondary N) is 2. The van der Waals surface area contributed by atoms with Gasteiger partial charge in [-0.1, -0.05) is 41.2 Å². The second kappa shape index (κ2) is 9.98. The van der Waals surface area contributed by atoms with Gasteiger partial charge >= 0.3 is 0 Å². The third kappa shape index (κ3) is 5.76. The Bertz CT molecular complexity index is 1200. The number of carbonyl (C=O) groups is 1. The second-order valence-corrected chi connectivity index (χ2v) is 11.0. The molecule has 174 valence electrons. The predicted octanol–water partition coefficient (Wildman–Crippen LogP) is 4.13. The highest BCUT2D eigenvalue weighted by Gasteiger charge is 2.24. The minimum atomic E-state index is -3.89. The first-order chi connectivity index (χ1) is 15.8. The van der Waals surface area contributed by atoms with Gasteiger partial charge < -0.3 is 4.90 Å². The molecular weight excluding hydrogens is 458 g/mol. The van der Waals surface area contributed by atoms with Gasteiger partial charge in [0.25, 0.3) is 15.9 Å². The molecule has 0 aliphatic carbocycles. The lowest BCUT2D eigenvalue weighted by Gasteiger charge is -2.29. The first kappa shape index (κ1) is 23.3. The SMILES string of the molecule is Cc1ccc(C(=O)Nc2nnc(S(=O)(=O)N[C@@H](C)c3ccc(N4CCCCC4)cc3)s2)cc1. The Labute approximate surface area is 198 Å². The lowest BCUT2D eigenvalue weighted by molar-refractivity contribution is 0.102. The summed E-state index contributed by atoms with van der Waals surface area (Å²) < 4.78 is 28.1. The zero-order chi connectivity index (χ0) is 23.4. The van der Waals surface area contributed by atoms with Gasteiger partial charge in [0.1, 0.15) is 0 Å². The standard InChI is InChI=1S/C23H27N5O3S2/c1-16-6-8-19(9-7-16)21(29)24-22-25-26-23(32-22)33(30,31)27-17(2)18-10-12-20(13-11-18)28-14-4-3-5-15-28/h6-13,17,27H,3-5,14-15H2,1-2H3,(H,24,25,29)/t17-/m0/s1. The summed E-state index contributed by atoms with van der Waals surface area (Å²) in [5.41, 5.74) is 3.51. The van der Waals surface area contributed by atoms with Gasteiger partial charge in [0.15, 0.2) is 0 Å². The molecule has 0 radical (unpaired) electrons. The van der Waals surface area contributed by atoms with Crippen molar-refractivity contribution in [3.05, 3.63) is 65.2 Å². The van der Waals surface area contributed by atoms with Crippen molar-refractivity contribution in [1.29, 1.82) is 0 Å². The predicted molar refractivity (Wildman–Crippen MR) is 130 cm³/mol. The molecule has 2 N–H and O–H groups in total. The Balaban J connectivity index is 1.39. The third-order valence-electron chi connectivity index (χ3n) is 5.62. The zero-order valence-corrected chi connectivity index (χ0v) is 20.2. The van der Waals surface area contributed by atoms with Crippen LogP contribution in [0.15, 0.2) is 52.9 Å². The molecule has 1 saturated heterocycles. The second-order valence-electron chi connectivity index (χ2n) is 8.18. The Hall–Kier alpha value is -2.82. The van der Waals surface area contributed by atoms with Crippen molar-refractivity contribution in [2.45, 2.75) is 43.5 Å². The van der Waals surface area contributed by atoms with E-state index in [-0.39, 0.29) is 15.4 Å². The summed E-state index contributed by atoms with van der Waals surface area (Å²) in [6.45, 7) is 5.83. The molecule has 1 fully saturated rings. The zero-order valence-electron chi connectivity index (χ0n) is 18.6. The van der Waals surface area contributed by atoms with Gasteiger partial charge in [-0.25, -0.2) is 13.1 Å². The smallest absolute Gasteiger partial charge is 0.270 e. The van der Waals surface area contributed by atoms with Crippen molar-refractivity contribution in [2.75, 3.05) is 23.3 Å². The molecule has 33 heavy (non-hydrogen) atoms. The van der Waals surface area contributed by atoms with Crippen LogP contribution in [0.5, 0.6) is 0 Å². The van der Waals surface area contributed by atoms with Crippen LogP contribution >= 0.6 is 11.3 Å². The molecule has 0 saturated carbocycles. The number of anilines is 2. The Morgan fingerprint density at radius 2 is 1.67 bits per heavy atom. The first-order valence-corrected chi connectivity index (χ1v) is 13.2. The summed E-state index contributed by atoms with van der Waals surface area (Å²) in [6, 6.07) is 14.6. The highest BCUT2D eigenvalue weighted by molar-refractivity contribution is 7.91. The summed E-state index contributed by atoms with van der Waals surface area (Å²) in [4.78, 5) is 14.7. The van der Waals surface area contributed by atoms with Crippen LogP contribution in [-0.4, -0.2) is 37.6 Å². The topological polar surface area (TPSA) is 104 Å². The fraction of sp³-hybridized carbons (Fsp3) is 0.348. The van der Waals surface area contributed by atoms with Gasteiger partial charge in [0.2, 0.25) is 9.47 Å². The molecule has 8 nitrogen and oxygen atoms in total. The Morgan fingerprint density at radius 1 is 1.00 bits per heavy atom. The summed E-state index contributed by atoms with van der Waals surface area (Å²) in [5.74, 6) is -0.370. The minimum Gasteiger partial charge on any atom is -0.372 e. The maximum atomic E-state index is 12.8. The number of aromatic nitrogens is 2. The van der Waals surface area contributed by atoms with E-state index in [0.29, 0.717) is 5.56 Å². The van der Waals surface area contributed by atoms with Crippen molar-refractivity contribution >= 4 is 38.1 Å². The fourth-order valence-electron chi connectivity index (χ4n) is 3.72. The van der Waals surface area contributed by atoms with E-state index >= 15 is 0 Å². The van der Waals surface area contributed by atoms with Crippen LogP contribution in [0.1, 0.15) is 53.7 Å². The van der Waals surface area contributed by atoms with Gasteiger partial charge in [-0.15, -0.1) is 10.2 Å². The van der Waals surface area contributed by atoms with Gasteiger partial charge in [-0.3, -0.25) is 10.1 Å². The molecule has 2 aromatic carbocycles. The summed E-state index contributed by atoms with van der Waals surface area (Å²) in [6.07, 6.45) is 3.68. The van der Waals surface area contributed by atoms with E-state index in [4.69, 9.17) is 0 Å². The van der Waals surface area contributed by atoms with Crippen LogP contribution in [0.3, 0.4) is 0 Å². The van der Waals surface area contributed by atoms with E-state index in [1.165, 1.54) is 19.3 Å². The number of hydrogen-bond acceptors (Lipinski definition) is 7. The molecule has 10 heteroatoms. The summed E-state index contributed by atoms with van der Waals surface area (Å²) >= 11 is 0.813. The van der Waals surface area contributed by atoms with E-state index in [1.54, 1.807) is 19.1 Å². The minimum absolute atomic E-state index is 0.125. The largest absolute Gasteiger partial charge is 0.372 e. The number of sulfonamides is 1. The maximum Gasteiger partial charge on any atom is 0.270 e. The van der Waals surface area contributed by atoms with Crippen molar-refractivity contribution in [1.82, 2.24) is 14.9 Å². The van der Waals surface area contributed by atoms with Crippen LogP contribution in [0.4, 0.5) is 10.8 Å². The third-order valence-corrected chi connectivity index (χ3v) is 8.36. The molecule has 1 aliphatic heterocycles. The van der Waals surface area contributed by atoms with Crippen molar-refractivity contribution in [2.24, 2.45) is 0 Å². The van der Waals surface area contributed by atoms with E-state index in [1.807, 2.05) is 43.3 Å². The molecule has 0 unspecified atom stereocenters. The number of carbonyl (C=O) groups excluding carboxylic acids is 1. The molecule has 1 aromatic heterocycles. The Kier molecular flexibility index (Phi) is 7.06. The number of amides is 1. The quantitative estimate of drug-likeness (QED) is 0.488. The monoisotopic (exact) mass is 485 g/mol. The lowest BCUT2D eigenvalue weighted by atomic mass is 10.1. The molecule has 1 amide bonds. The summed E-state index contributed by atoms with van der Waals surface area (Å²) in [5, 5.41) is 10.3. The number of hydrogen-bond donors (Lipinski definition) is 2. The van der Waals surface area contributed by atoms with E-state index in [2.05, 4.69) is 25.1 Å². The molecule has 4 rings (SSSR count). The average molecular weight is 486 g/mol. The fourth-order valence-corrected chi connectivity index (χ4v) is 5.86. The number of benzene rings is 2. The molecule has 0 spiro atoms. The van der Waals surface area contributed by atoms with Crippen LogP contribution < -0.4 is 14.9 Å². The molecule has 2 heterocycles. The van der Waals surface area contributed by atoms with Crippen LogP contribution in [0, 0.1) is 6.92 Å². The maximum absolute atomic E-state index is 12.8. The molecule has 1 atom stereocenters. The number of aryl methyl sites for hydroxylation is 1. The summed E-state index contributed by atoms with van der Waals surface area (Å²) in [7, 11) is -3.89. The highest BCUT2D eigenvalue weighted by atomic mass is 32.2. The van der Waals surface area contributed by atoms with Crippen molar-refractivity contribution in [3.63, 3.8) is 0 Å². The first-order valence-electron chi connectivity index (χ1n) is 10.9. The number of nitrogens with zero attached hydrogens (tertiary/aromatic N) is 3. The number of piperidine rings is 1. The van der Waals surface area contributed by atoms with Gasteiger partial charge in [-0.2, -0.15) is 0 Å². The molecule has 3 aromatic rings. The van der Waals surface area contributed by atoms with Crippen molar-refractivity contribution in [3.8, 4) is 0 Å². The molecule has 0 bridgehead atoms. The normalized spacial score (nSPS) is 15.3. The van der Waals surface area contributed by atoms with Crippen LogP contribution in [0.2, 0.25) is 0 Å². The van der Waals surface area contributed by atoms with Gasteiger partial charge in [-0.05, 0) is 62.9 Å². The van der Waals surface area contributed by atoms with Crippen LogP contribution in [0.25, 0.3) is 0 Å². The average Bonchev–Trinajstić information content (AvgIpc) is 3.29. The highest BCUT2D eigenvalue weighted by Crippen LogP contribution is 2.25. The molecule has 1 aliphatic rings. The van der Waals surface area contributed by atoms with Gasteiger partial charge in [0, 0.05) is 30.4 Å². The van der Waals surface area contributed by atoms with Crippen molar-refractivity contribution < 1.29 is 13.2 Å². The van der Waals surface area contributed by atoms with Crippen LogP contribution in [-0.2, 0) is 10.0 Å². The van der Waals surface area contributed by atoms with Gasteiger partial charge in [0.05, 0.1) is 0 Å². The Morgan fingerprint density at radius 3 is 2.33 bits per heavy atom. The lowest BCUT2D eigenvalue weighted by Crippen LogP contribution is -2.29. The molecular formula is C23H27N5O3S2. The van der Waals surface area contributed by atoms with E-state index < -0.39 is 16.1 Å². The van der Waals surface area contributed by atoms with E-state index in [9.17, 15) is 13.2 Å². The number of rotatable bonds is 7.